The van der Waals surface area contributed by atoms with Gasteiger partial charge in [0.05, 0.1) is 0 Å². The maximum atomic E-state index is 11.5. The van der Waals surface area contributed by atoms with Gasteiger partial charge in [-0.3, -0.25) is 14.5 Å². The average Bonchev–Trinajstić information content (AvgIpc) is 3.01. The van der Waals surface area contributed by atoms with Crippen molar-refractivity contribution < 1.29 is 14.7 Å². The lowest BCUT2D eigenvalue weighted by Gasteiger charge is -2.33. The molecule has 1 aliphatic carbocycles. The third kappa shape index (κ3) is 4.00. The summed E-state index contributed by atoms with van der Waals surface area (Å²) in [5, 5.41) is 12.0. The van der Waals surface area contributed by atoms with E-state index in [9.17, 15) is 9.59 Å². The van der Waals surface area contributed by atoms with Crippen molar-refractivity contribution in [2.75, 3.05) is 13.1 Å². The van der Waals surface area contributed by atoms with Gasteiger partial charge >= 0.3 is 5.97 Å². The van der Waals surface area contributed by atoms with E-state index in [2.05, 4.69) is 5.32 Å². The monoisotopic (exact) mass is 242 g/mol. The molecule has 5 nitrogen and oxygen atoms in total. The van der Waals surface area contributed by atoms with E-state index in [1.165, 1.54) is 0 Å². The van der Waals surface area contributed by atoms with Crippen molar-refractivity contribution in [1.29, 1.82) is 0 Å². The second-order valence-electron chi connectivity index (χ2n) is 5.04. The molecule has 98 valence electrons. The van der Waals surface area contributed by atoms with Gasteiger partial charge in [0.1, 0.15) is 5.54 Å². The Labute approximate surface area is 102 Å². The van der Waals surface area contributed by atoms with Crippen molar-refractivity contribution in [3.8, 4) is 0 Å². The van der Waals surface area contributed by atoms with Gasteiger partial charge in [0.25, 0.3) is 0 Å². The Morgan fingerprint density at radius 1 is 1.41 bits per heavy atom. The van der Waals surface area contributed by atoms with E-state index in [0.717, 1.165) is 12.8 Å². The molecular weight excluding hydrogens is 220 g/mol. The molecule has 0 atom stereocenters. The molecule has 1 rings (SSSR count). The summed E-state index contributed by atoms with van der Waals surface area (Å²) in [6.07, 6.45) is 2.51. The highest BCUT2D eigenvalue weighted by Gasteiger charge is 2.33. The van der Waals surface area contributed by atoms with Crippen molar-refractivity contribution >= 4 is 11.9 Å². The smallest absolute Gasteiger partial charge is 0.323 e. The first-order valence-electron chi connectivity index (χ1n) is 6.15. The highest BCUT2D eigenvalue weighted by atomic mass is 16.4. The summed E-state index contributed by atoms with van der Waals surface area (Å²) in [5.74, 6) is -0.839. The first-order valence-corrected chi connectivity index (χ1v) is 6.15. The highest BCUT2D eigenvalue weighted by Crippen LogP contribution is 2.19. The predicted octanol–water partition coefficient (Wildman–Crippen LogP) is 0.840. The topological polar surface area (TPSA) is 69.6 Å². The minimum Gasteiger partial charge on any atom is -0.480 e. The Morgan fingerprint density at radius 3 is 2.41 bits per heavy atom. The van der Waals surface area contributed by atoms with Crippen molar-refractivity contribution in [2.45, 2.75) is 51.6 Å². The van der Waals surface area contributed by atoms with Gasteiger partial charge < -0.3 is 10.4 Å². The summed E-state index contributed by atoms with van der Waals surface area (Å²) >= 11 is 0. The lowest BCUT2D eigenvalue weighted by atomic mass is 10.0. The van der Waals surface area contributed by atoms with Crippen LogP contribution in [0.4, 0.5) is 0 Å². The number of likely N-dealkylation sites (N-methyl/N-ethyl adjacent to an activating group) is 1. The molecule has 0 aromatic heterocycles. The molecule has 1 aliphatic rings. The number of carbonyl (C=O) groups is 2. The van der Waals surface area contributed by atoms with Gasteiger partial charge in [-0.1, -0.05) is 6.92 Å². The largest absolute Gasteiger partial charge is 0.480 e. The van der Waals surface area contributed by atoms with E-state index < -0.39 is 11.5 Å². The number of hydrogen-bond donors (Lipinski definition) is 2. The Hall–Kier alpha value is -1.10. The highest BCUT2D eigenvalue weighted by molar-refractivity contribution is 5.78. The number of aliphatic carboxylic acids is 1. The predicted molar refractivity (Wildman–Crippen MR) is 64.7 cm³/mol. The van der Waals surface area contributed by atoms with E-state index in [0.29, 0.717) is 25.6 Å². The molecule has 1 amide bonds. The molecule has 0 saturated heterocycles. The lowest BCUT2D eigenvalue weighted by Crippen LogP contribution is -2.51. The molecule has 17 heavy (non-hydrogen) atoms. The molecule has 5 heteroatoms. The third-order valence-corrected chi connectivity index (χ3v) is 3.25. The van der Waals surface area contributed by atoms with Gasteiger partial charge in [-0.05, 0) is 33.2 Å². The molecule has 0 unspecified atom stereocenters. The first-order chi connectivity index (χ1) is 7.87. The van der Waals surface area contributed by atoms with E-state index in [-0.39, 0.29) is 5.91 Å². The number of nitrogens with zero attached hydrogens (tertiary/aromatic N) is 1. The van der Waals surface area contributed by atoms with Crippen molar-refractivity contribution in [1.82, 2.24) is 10.2 Å². The van der Waals surface area contributed by atoms with E-state index in [4.69, 9.17) is 5.11 Å². The van der Waals surface area contributed by atoms with Gasteiger partial charge in [-0.15, -0.1) is 0 Å². The van der Waals surface area contributed by atoms with Crippen molar-refractivity contribution in [3.05, 3.63) is 0 Å². The molecule has 2 N–H and O–H groups in total. The quantitative estimate of drug-likeness (QED) is 0.694. The van der Waals surface area contributed by atoms with Crippen molar-refractivity contribution in [2.24, 2.45) is 0 Å². The van der Waals surface area contributed by atoms with Crippen LogP contribution < -0.4 is 5.32 Å². The van der Waals surface area contributed by atoms with Crippen LogP contribution >= 0.6 is 0 Å². The number of hydrogen-bond acceptors (Lipinski definition) is 3. The molecule has 1 saturated carbocycles. The zero-order valence-corrected chi connectivity index (χ0v) is 10.8. The van der Waals surface area contributed by atoms with Gasteiger partial charge in [0.15, 0.2) is 0 Å². The normalized spacial score (nSPS) is 16.0. The van der Waals surface area contributed by atoms with Crippen LogP contribution in [0, 0.1) is 0 Å². The van der Waals surface area contributed by atoms with Crippen LogP contribution in [0.15, 0.2) is 0 Å². The molecule has 0 aromatic carbocycles. The van der Waals surface area contributed by atoms with Crippen LogP contribution in [0.5, 0.6) is 0 Å². The molecule has 0 radical (unpaired) electrons. The average molecular weight is 242 g/mol. The maximum Gasteiger partial charge on any atom is 0.323 e. The Morgan fingerprint density at radius 2 is 2.00 bits per heavy atom. The van der Waals surface area contributed by atoms with Gasteiger partial charge in [0.2, 0.25) is 5.91 Å². The minimum absolute atomic E-state index is 0.0205. The van der Waals surface area contributed by atoms with E-state index in [1.807, 2.05) is 11.8 Å². The number of amides is 1. The Balaban J connectivity index is 2.40. The second kappa shape index (κ2) is 5.49. The molecule has 1 fully saturated rings. The van der Waals surface area contributed by atoms with E-state index in [1.54, 1.807) is 13.8 Å². The van der Waals surface area contributed by atoms with Crippen LogP contribution in [0.3, 0.4) is 0 Å². The Bertz CT molecular complexity index is 298. The summed E-state index contributed by atoms with van der Waals surface area (Å²) in [5.41, 5.74) is -0.922. The zero-order valence-electron chi connectivity index (χ0n) is 10.8. The SMILES string of the molecule is CCN(CCC(=O)NC1CC1)C(C)(C)C(=O)O. The number of nitrogens with one attached hydrogen (secondary N) is 1. The molecule has 0 heterocycles. The summed E-state index contributed by atoms with van der Waals surface area (Å²) in [6, 6.07) is 0.366. The van der Waals surface area contributed by atoms with Crippen LogP contribution in [0.2, 0.25) is 0 Å². The van der Waals surface area contributed by atoms with Crippen LogP contribution in [0.25, 0.3) is 0 Å². The molecule has 0 aromatic rings. The van der Waals surface area contributed by atoms with E-state index >= 15 is 0 Å². The third-order valence-electron chi connectivity index (χ3n) is 3.25. The standard InChI is InChI=1S/C12H22N2O3/c1-4-14(12(2,3)11(16)17)8-7-10(15)13-9-5-6-9/h9H,4-8H2,1-3H3,(H,13,15)(H,16,17). The van der Waals surface area contributed by atoms with Gasteiger partial charge in [-0.25, -0.2) is 0 Å². The first kappa shape index (κ1) is 14.0. The molecule has 0 spiro atoms. The molecular formula is C12H22N2O3. The Kier molecular flexibility index (Phi) is 4.51. The van der Waals surface area contributed by atoms with Crippen molar-refractivity contribution in [3.63, 3.8) is 0 Å². The number of carboxylic acid groups (broad SMARTS) is 1. The van der Waals surface area contributed by atoms with Gasteiger partial charge in [0, 0.05) is 19.0 Å². The van der Waals surface area contributed by atoms with Crippen LogP contribution in [0.1, 0.15) is 40.0 Å². The summed E-state index contributed by atoms with van der Waals surface area (Å²) in [7, 11) is 0. The lowest BCUT2D eigenvalue weighted by molar-refractivity contribution is -0.149. The van der Waals surface area contributed by atoms with Crippen LogP contribution in [-0.2, 0) is 9.59 Å². The number of carboxylic acids is 1. The summed E-state index contributed by atoms with van der Waals surface area (Å²) in [6.45, 7) is 6.34. The number of rotatable bonds is 7. The summed E-state index contributed by atoms with van der Waals surface area (Å²) < 4.78 is 0. The van der Waals surface area contributed by atoms with Crippen LogP contribution in [-0.4, -0.2) is 46.6 Å². The fourth-order valence-corrected chi connectivity index (χ4v) is 1.73. The fourth-order valence-electron chi connectivity index (χ4n) is 1.73. The second-order valence-corrected chi connectivity index (χ2v) is 5.04. The molecule has 0 aliphatic heterocycles. The zero-order chi connectivity index (χ0) is 13.1. The minimum atomic E-state index is -0.922. The maximum absolute atomic E-state index is 11.5. The summed E-state index contributed by atoms with van der Waals surface area (Å²) in [4.78, 5) is 24.4. The number of carbonyl (C=O) groups excluding carboxylic acids is 1. The fraction of sp³-hybridized carbons (Fsp3) is 0.833. The molecule has 0 bridgehead atoms. The van der Waals surface area contributed by atoms with Gasteiger partial charge in [-0.2, -0.15) is 0 Å².